The van der Waals surface area contributed by atoms with Crippen LogP contribution in [0.2, 0.25) is 0 Å². The van der Waals surface area contributed by atoms with E-state index in [1.54, 1.807) is 11.1 Å². The van der Waals surface area contributed by atoms with Gasteiger partial charge in [0.25, 0.3) is 0 Å². The van der Waals surface area contributed by atoms with E-state index in [2.05, 4.69) is 88.4 Å². The molecule has 1 aliphatic carbocycles. The maximum Gasteiger partial charge on any atom is -0.0114 e. The number of hydrogen-bond acceptors (Lipinski definition) is 0. The number of benzene rings is 2. The van der Waals surface area contributed by atoms with Gasteiger partial charge in [0.15, 0.2) is 0 Å². The second-order valence-electron chi connectivity index (χ2n) is 7.74. The lowest BCUT2D eigenvalue weighted by Crippen LogP contribution is -2.15. The van der Waals surface area contributed by atoms with Crippen molar-refractivity contribution in [2.24, 2.45) is 11.8 Å². The molecule has 0 bridgehead atoms. The Morgan fingerprint density at radius 2 is 1.23 bits per heavy atom. The summed E-state index contributed by atoms with van der Waals surface area (Å²) in [7, 11) is 0. The molecule has 2 atom stereocenters. The second-order valence-corrected chi connectivity index (χ2v) is 7.74. The summed E-state index contributed by atoms with van der Waals surface area (Å²) in [5.74, 6) is 1.41. The van der Waals surface area contributed by atoms with Gasteiger partial charge in [-0.1, -0.05) is 93.9 Å². The quantitative estimate of drug-likeness (QED) is 0.531. The Balaban J connectivity index is 2.33. The molecule has 0 radical (unpaired) electrons. The van der Waals surface area contributed by atoms with Crippen molar-refractivity contribution < 1.29 is 0 Å². The normalized spacial score (nSPS) is 27.1. The molecule has 0 spiro atoms. The highest BCUT2D eigenvalue weighted by Gasteiger charge is 2.25. The molecule has 0 aromatic heterocycles. The third-order valence-electron chi connectivity index (χ3n) is 6.06. The molecule has 0 amide bonds. The van der Waals surface area contributed by atoms with Crippen molar-refractivity contribution in [3.63, 3.8) is 0 Å². The summed E-state index contributed by atoms with van der Waals surface area (Å²) in [6.07, 6.45) is 4.64. The Bertz CT molecular complexity index is 777. The molecule has 0 nitrogen and oxygen atoms in total. The lowest BCUT2D eigenvalue weighted by Gasteiger charge is -2.31. The molecule has 0 heteroatoms. The Kier molecular flexibility index (Phi) is 6.14. The average Bonchev–Trinajstić information content (AvgIpc) is 2.69. The maximum atomic E-state index is 2.43. The van der Waals surface area contributed by atoms with Crippen molar-refractivity contribution >= 4 is 11.1 Å². The summed E-state index contributed by atoms with van der Waals surface area (Å²) in [5.41, 5.74) is 9.01. The van der Waals surface area contributed by atoms with Crippen LogP contribution in [-0.4, -0.2) is 0 Å². The molecule has 0 fully saturated rings. The minimum absolute atomic E-state index is 0.684. The third-order valence-corrected chi connectivity index (χ3v) is 6.06. The van der Waals surface area contributed by atoms with Gasteiger partial charge < -0.3 is 0 Å². The van der Waals surface area contributed by atoms with Gasteiger partial charge in [0.05, 0.1) is 0 Å². The topological polar surface area (TPSA) is 0 Å². The molecule has 0 N–H and O–H groups in total. The van der Waals surface area contributed by atoms with Gasteiger partial charge in [0.2, 0.25) is 0 Å². The molecular formula is C26H32. The predicted molar refractivity (Wildman–Crippen MR) is 115 cm³/mol. The molecule has 0 saturated carbocycles. The molecule has 0 heterocycles. The number of hydrogen-bond donors (Lipinski definition) is 0. The Hall–Kier alpha value is -2.08. The molecule has 136 valence electrons. The zero-order valence-corrected chi connectivity index (χ0v) is 16.8. The monoisotopic (exact) mass is 344 g/mol. The van der Waals surface area contributed by atoms with Crippen LogP contribution in [0.4, 0.5) is 0 Å². The van der Waals surface area contributed by atoms with E-state index < -0.39 is 0 Å². The van der Waals surface area contributed by atoms with Crippen molar-refractivity contribution in [1.29, 1.82) is 0 Å². The van der Waals surface area contributed by atoms with Gasteiger partial charge >= 0.3 is 0 Å². The van der Waals surface area contributed by atoms with Gasteiger partial charge in [0, 0.05) is 0 Å². The third kappa shape index (κ3) is 3.85. The zero-order chi connectivity index (χ0) is 18.5. The molecule has 26 heavy (non-hydrogen) atoms. The van der Waals surface area contributed by atoms with E-state index in [9.17, 15) is 0 Å². The van der Waals surface area contributed by atoms with Gasteiger partial charge in [-0.25, -0.2) is 0 Å². The predicted octanol–water partition coefficient (Wildman–Crippen LogP) is 7.78. The van der Waals surface area contributed by atoms with Crippen LogP contribution in [0, 0.1) is 11.8 Å². The van der Waals surface area contributed by atoms with Crippen LogP contribution in [0.1, 0.15) is 64.5 Å². The second kappa shape index (κ2) is 8.54. The highest BCUT2D eigenvalue weighted by Crippen LogP contribution is 2.44. The fourth-order valence-electron chi connectivity index (χ4n) is 4.34. The molecule has 0 saturated heterocycles. The van der Waals surface area contributed by atoms with Crippen LogP contribution in [0.15, 0.2) is 71.8 Å². The van der Waals surface area contributed by atoms with Crippen LogP contribution < -0.4 is 0 Å². The summed E-state index contributed by atoms with van der Waals surface area (Å²) in [6, 6.07) is 22.1. The molecule has 0 aliphatic heterocycles. The molecule has 0 unspecified atom stereocenters. The first-order chi connectivity index (χ1) is 12.7. The number of rotatable bonds is 4. The summed E-state index contributed by atoms with van der Waals surface area (Å²) in [5, 5.41) is 0. The fraction of sp³-hybridized carbons (Fsp3) is 0.385. The van der Waals surface area contributed by atoms with Crippen molar-refractivity contribution in [3.8, 4) is 0 Å². The van der Waals surface area contributed by atoms with E-state index in [-0.39, 0.29) is 0 Å². The SMILES string of the molecule is CC/C1=C(CC)/C(c2ccccc2)=C(/c2ccccc2)C[C@H](C)[C@@H](C)C1. The minimum atomic E-state index is 0.684. The first kappa shape index (κ1) is 18.7. The van der Waals surface area contributed by atoms with E-state index in [0.29, 0.717) is 5.92 Å². The maximum absolute atomic E-state index is 2.43. The smallest absolute Gasteiger partial charge is 0.0114 e. The minimum Gasteiger partial charge on any atom is -0.0664 e. The van der Waals surface area contributed by atoms with Gasteiger partial charge in [0.1, 0.15) is 0 Å². The molecule has 3 rings (SSSR count). The first-order valence-corrected chi connectivity index (χ1v) is 10.2. The van der Waals surface area contributed by atoms with Gasteiger partial charge in [-0.05, 0) is 65.4 Å². The lowest BCUT2D eigenvalue weighted by atomic mass is 9.74. The summed E-state index contributed by atoms with van der Waals surface area (Å²) in [4.78, 5) is 0. The van der Waals surface area contributed by atoms with Crippen molar-refractivity contribution in [2.45, 2.75) is 53.4 Å². The number of allylic oxidation sites excluding steroid dienone is 4. The standard InChI is InChI=1S/C26H32/c1-5-21-17-19(3)20(4)18-25(22-13-9-7-10-14-22)26(24(21)6-2)23-15-11-8-12-16-23/h7-16,19-20H,5-6,17-18H2,1-4H3/b24-21-,26-25+/t19-,20-/m0/s1. The highest BCUT2D eigenvalue weighted by atomic mass is 14.3. The highest BCUT2D eigenvalue weighted by molar-refractivity contribution is 5.98. The van der Waals surface area contributed by atoms with Crippen molar-refractivity contribution in [3.05, 3.63) is 82.9 Å². The molecule has 2 aromatic carbocycles. The van der Waals surface area contributed by atoms with Crippen LogP contribution in [-0.2, 0) is 0 Å². The van der Waals surface area contributed by atoms with Crippen LogP contribution in [0.3, 0.4) is 0 Å². The van der Waals surface area contributed by atoms with E-state index in [0.717, 1.165) is 25.2 Å². The largest absolute Gasteiger partial charge is 0.0664 e. The average molecular weight is 345 g/mol. The van der Waals surface area contributed by atoms with Crippen LogP contribution in [0.5, 0.6) is 0 Å². The van der Waals surface area contributed by atoms with E-state index >= 15 is 0 Å². The van der Waals surface area contributed by atoms with Gasteiger partial charge in [-0.3, -0.25) is 0 Å². The summed E-state index contributed by atoms with van der Waals surface area (Å²) >= 11 is 0. The van der Waals surface area contributed by atoms with Crippen molar-refractivity contribution in [1.82, 2.24) is 0 Å². The molecule has 2 aromatic rings. The zero-order valence-electron chi connectivity index (χ0n) is 16.8. The lowest BCUT2D eigenvalue weighted by molar-refractivity contribution is 0.387. The van der Waals surface area contributed by atoms with Gasteiger partial charge in [-0.15, -0.1) is 0 Å². The Morgan fingerprint density at radius 3 is 1.77 bits per heavy atom. The first-order valence-electron chi connectivity index (χ1n) is 10.2. The van der Waals surface area contributed by atoms with Gasteiger partial charge in [-0.2, -0.15) is 0 Å². The van der Waals surface area contributed by atoms with E-state index in [1.165, 1.54) is 28.7 Å². The van der Waals surface area contributed by atoms with E-state index in [4.69, 9.17) is 0 Å². The van der Waals surface area contributed by atoms with Crippen LogP contribution >= 0.6 is 0 Å². The summed E-state index contributed by atoms with van der Waals surface area (Å²) in [6.45, 7) is 9.52. The van der Waals surface area contributed by atoms with Crippen molar-refractivity contribution in [2.75, 3.05) is 0 Å². The molecular weight excluding hydrogens is 312 g/mol. The van der Waals surface area contributed by atoms with Crippen LogP contribution in [0.25, 0.3) is 11.1 Å². The molecule has 1 aliphatic rings. The Labute approximate surface area is 159 Å². The van der Waals surface area contributed by atoms with E-state index in [1.807, 2.05) is 0 Å². The summed E-state index contributed by atoms with van der Waals surface area (Å²) < 4.78 is 0. The Morgan fingerprint density at radius 1 is 0.692 bits per heavy atom. The fourth-order valence-corrected chi connectivity index (χ4v) is 4.34.